The van der Waals surface area contributed by atoms with Crippen molar-refractivity contribution in [3.05, 3.63) is 42.5 Å². The molecular weight excluding hydrogens is 254 g/mol. The van der Waals surface area contributed by atoms with Crippen LogP contribution in [0.25, 0.3) is 10.8 Å². The van der Waals surface area contributed by atoms with Crippen molar-refractivity contribution in [2.24, 2.45) is 0 Å². The van der Waals surface area contributed by atoms with Crippen LogP contribution < -0.4 is 10.1 Å². The first-order valence-electron chi connectivity index (χ1n) is 6.63. The van der Waals surface area contributed by atoms with Crippen LogP contribution >= 0.6 is 0 Å². The van der Waals surface area contributed by atoms with Crippen LogP contribution in [-0.4, -0.2) is 32.3 Å². The molecule has 0 aliphatic heterocycles. The summed E-state index contributed by atoms with van der Waals surface area (Å²) in [6, 6.07) is 13.8. The zero-order valence-corrected chi connectivity index (χ0v) is 11.8. The molecule has 106 valence electrons. The van der Waals surface area contributed by atoms with Crippen molar-refractivity contribution in [2.75, 3.05) is 20.3 Å². The molecule has 0 heterocycles. The second-order valence-corrected chi connectivity index (χ2v) is 4.52. The van der Waals surface area contributed by atoms with Crippen molar-refractivity contribution in [3.63, 3.8) is 0 Å². The molecule has 0 saturated carbocycles. The molecule has 0 bridgehead atoms. The third-order valence-corrected chi connectivity index (χ3v) is 3.03. The molecule has 4 nitrogen and oxygen atoms in total. The van der Waals surface area contributed by atoms with Gasteiger partial charge in [0.15, 0.2) is 6.10 Å². The van der Waals surface area contributed by atoms with E-state index in [9.17, 15) is 4.79 Å². The van der Waals surface area contributed by atoms with E-state index in [1.807, 2.05) is 42.5 Å². The molecule has 0 radical (unpaired) electrons. The van der Waals surface area contributed by atoms with Gasteiger partial charge in [0.25, 0.3) is 5.91 Å². The van der Waals surface area contributed by atoms with Crippen molar-refractivity contribution in [1.82, 2.24) is 5.32 Å². The number of fused-ring (bicyclic) bond motifs is 1. The van der Waals surface area contributed by atoms with E-state index >= 15 is 0 Å². The maximum absolute atomic E-state index is 11.9. The lowest BCUT2D eigenvalue weighted by Gasteiger charge is -2.16. The molecule has 0 spiro atoms. The third kappa shape index (κ3) is 3.48. The van der Waals surface area contributed by atoms with E-state index in [2.05, 4.69) is 5.32 Å². The number of ether oxygens (including phenoxy) is 2. The molecule has 0 fully saturated rings. The fourth-order valence-corrected chi connectivity index (χ4v) is 1.96. The Labute approximate surface area is 118 Å². The van der Waals surface area contributed by atoms with Gasteiger partial charge in [-0.15, -0.1) is 0 Å². The highest BCUT2D eigenvalue weighted by Crippen LogP contribution is 2.25. The monoisotopic (exact) mass is 273 g/mol. The van der Waals surface area contributed by atoms with Crippen molar-refractivity contribution in [1.29, 1.82) is 0 Å². The fourth-order valence-electron chi connectivity index (χ4n) is 1.96. The molecule has 1 atom stereocenters. The molecule has 0 aliphatic carbocycles. The van der Waals surface area contributed by atoms with Crippen molar-refractivity contribution < 1.29 is 14.3 Å². The highest BCUT2D eigenvalue weighted by atomic mass is 16.5. The Morgan fingerprint density at radius 3 is 2.75 bits per heavy atom. The van der Waals surface area contributed by atoms with Gasteiger partial charge in [0.2, 0.25) is 0 Å². The number of methoxy groups -OCH3 is 1. The number of hydrogen-bond donors (Lipinski definition) is 1. The predicted molar refractivity (Wildman–Crippen MR) is 78.9 cm³/mol. The first-order chi connectivity index (χ1) is 9.72. The van der Waals surface area contributed by atoms with E-state index in [-0.39, 0.29) is 5.91 Å². The minimum Gasteiger partial charge on any atom is -0.480 e. The number of carbonyl (C=O) groups excluding carboxylic acids is 1. The molecule has 0 aromatic heterocycles. The van der Waals surface area contributed by atoms with Crippen molar-refractivity contribution in [2.45, 2.75) is 13.0 Å². The van der Waals surface area contributed by atoms with Gasteiger partial charge < -0.3 is 14.8 Å². The van der Waals surface area contributed by atoms with Crippen LogP contribution in [0.15, 0.2) is 42.5 Å². The van der Waals surface area contributed by atoms with Crippen molar-refractivity contribution in [3.8, 4) is 5.75 Å². The van der Waals surface area contributed by atoms with Crippen LogP contribution in [0.2, 0.25) is 0 Å². The number of hydrogen-bond acceptors (Lipinski definition) is 3. The van der Waals surface area contributed by atoms with E-state index < -0.39 is 6.10 Å². The lowest BCUT2D eigenvalue weighted by atomic mass is 10.1. The van der Waals surface area contributed by atoms with Gasteiger partial charge >= 0.3 is 0 Å². The molecule has 1 amide bonds. The molecule has 2 rings (SSSR count). The lowest BCUT2D eigenvalue weighted by Crippen LogP contribution is -2.37. The molecular formula is C16H19NO3. The normalized spacial score (nSPS) is 12.1. The predicted octanol–water partition coefficient (Wildman–Crippen LogP) is 2.37. The van der Waals surface area contributed by atoms with E-state index in [0.29, 0.717) is 13.2 Å². The molecule has 2 aromatic carbocycles. The molecule has 2 aromatic rings. The molecule has 0 unspecified atom stereocenters. The summed E-state index contributed by atoms with van der Waals surface area (Å²) in [4.78, 5) is 11.9. The lowest BCUT2D eigenvalue weighted by molar-refractivity contribution is -0.127. The summed E-state index contributed by atoms with van der Waals surface area (Å²) < 4.78 is 10.7. The topological polar surface area (TPSA) is 47.6 Å². The first kappa shape index (κ1) is 14.3. The minimum atomic E-state index is -0.544. The van der Waals surface area contributed by atoms with Gasteiger partial charge in [0, 0.05) is 19.0 Å². The Hall–Kier alpha value is -2.07. The molecule has 20 heavy (non-hydrogen) atoms. The second-order valence-electron chi connectivity index (χ2n) is 4.52. The van der Waals surface area contributed by atoms with Crippen LogP contribution in [0.1, 0.15) is 6.92 Å². The number of carbonyl (C=O) groups is 1. The summed E-state index contributed by atoms with van der Waals surface area (Å²) in [6.45, 7) is 2.72. The van der Waals surface area contributed by atoms with E-state index in [1.54, 1.807) is 14.0 Å². The summed E-state index contributed by atoms with van der Waals surface area (Å²) in [5, 5.41) is 4.86. The summed E-state index contributed by atoms with van der Waals surface area (Å²) in [7, 11) is 1.60. The van der Waals surface area contributed by atoms with Gasteiger partial charge in [-0.05, 0) is 18.4 Å². The zero-order chi connectivity index (χ0) is 14.4. The average Bonchev–Trinajstić information content (AvgIpc) is 2.47. The Balaban J connectivity index is 2.06. The van der Waals surface area contributed by atoms with E-state index in [4.69, 9.17) is 9.47 Å². The van der Waals surface area contributed by atoms with Gasteiger partial charge in [0.05, 0.1) is 6.61 Å². The Morgan fingerprint density at radius 2 is 1.95 bits per heavy atom. The van der Waals surface area contributed by atoms with Crippen molar-refractivity contribution >= 4 is 16.7 Å². The van der Waals surface area contributed by atoms with Gasteiger partial charge in [-0.1, -0.05) is 36.4 Å². The number of benzene rings is 2. The molecule has 0 aliphatic rings. The van der Waals surface area contributed by atoms with Gasteiger partial charge in [-0.2, -0.15) is 0 Å². The average molecular weight is 273 g/mol. The summed E-state index contributed by atoms with van der Waals surface area (Å²) >= 11 is 0. The number of rotatable bonds is 6. The first-order valence-corrected chi connectivity index (χ1v) is 6.63. The summed E-state index contributed by atoms with van der Waals surface area (Å²) in [5.74, 6) is 0.576. The highest BCUT2D eigenvalue weighted by molar-refractivity contribution is 5.89. The quantitative estimate of drug-likeness (QED) is 0.822. The fraction of sp³-hybridized carbons (Fsp3) is 0.312. The van der Waals surface area contributed by atoms with Gasteiger partial charge in [-0.25, -0.2) is 0 Å². The Kier molecular flexibility index (Phi) is 4.96. The smallest absolute Gasteiger partial charge is 0.260 e. The minimum absolute atomic E-state index is 0.144. The highest BCUT2D eigenvalue weighted by Gasteiger charge is 2.15. The maximum Gasteiger partial charge on any atom is 0.260 e. The van der Waals surface area contributed by atoms with Crippen LogP contribution in [0.4, 0.5) is 0 Å². The van der Waals surface area contributed by atoms with Crippen LogP contribution in [-0.2, 0) is 9.53 Å². The van der Waals surface area contributed by atoms with Gasteiger partial charge in [-0.3, -0.25) is 4.79 Å². The number of nitrogens with one attached hydrogen (secondary N) is 1. The summed E-state index contributed by atoms with van der Waals surface area (Å²) in [6.07, 6.45) is -0.544. The second kappa shape index (κ2) is 6.91. The number of amides is 1. The van der Waals surface area contributed by atoms with Gasteiger partial charge in [0.1, 0.15) is 5.75 Å². The molecule has 0 saturated heterocycles. The third-order valence-electron chi connectivity index (χ3n) is 3.03. The maximum atomic E-state index is 11.9. The van der Waals surface area contributed by atoms with Crippen LogP contribution in [0, 0.1) is 0 Å². The van der Waals surface area contributed by atoms with Crippen LogP contribution in [0.3, 0.4) is 0 Å². The summed E-state index contributed by atoms with van der Waals surface area (Å²) in [5.41, 5.74) is 0. The van der Waals surface area contributed by atoms with E-state index in [0.717, 1.165) is 16.5 Å². The SMILES string of the molecule is COCCNC(=O)[C@@H](C)Oc1cccc2ccccc12. The van der Waals surface area contributed by atoms with Crippen LogP contribution in [0.5, 0.6) is 5.75 Å². The zero-order valence-electron chi connectivity index (χ0n) is 11.8. The largest absolute Gasteiger partial charge is 0.480 e. The Bertz CT molecular complexity index is 577. The molecule has 1 N–H and O–H groups in total. The Morgan fingerprint density at radius 1 is 1.20 bits per heavy atom. The standard InChI is InChI=1S/C16H19NO3/c1-12(16(18)17-10-11-19-2)20-15-9-5-7-13-6-3-4-8-14(13)15/h3-9,12H,10-11H2,1-2H3,(H,17,18)/t12-/m1/s1. The van der Waals surface area contributed by atoms with E-state index in [1.165, 1.54) is 0 Å². The molecule has 4 heteroatoms.